The van der Waals surface area contributed by atoms with Crippen LogP contribution in [-0.2, 0) is 28.8 Å². The molecule has 1 unspecified atom stereocenters. The molecular formula is C18H27NO2. The highest BCUT2D eigenvalue weighted by Gasteiger charge is 2.42. The molecular weight excluding hydrogens is 262 g/mol. The standard InChI is InChI=1S/C18H27NO2/c1-4-21-17(20)18(12-19,13(2)3)11-14-8-9-15-6-5-7-16(15)10-14/h8-10,13H,4-7,11-12,19H2,1-3H3. The second-order valence-electron chi connectivity index (χ2n) is 6.37. The Bertz CT molecular complexity index is 510. The summed E-state index contributed by atoms with van der Waals surface area (Å²) in [6, 6.07) is 6.62. The first-order valence-electron chi connectivity index (χ1n) is 8.01. The summed E-state index contributed by atoms with van der Waals surface area (Å²) in [4.78, 5) is 12.5. The Morgan fingerprint density at radius 3 is 2.67 bits per heavy atom. The van der Waals surface area contributed by atoms with E-state index in [4.69, 9.17) is 10.5 Å². The zero-order chi connectivity index (χ0) is 15.5. The molecule has 3 heteroatoms. The minimum absolute atomic E-state index is 0.148. The topological polar surface area (TPSA) is 52.3 Å². The minimum atomic E-state index is -0.622. The van der Waals surface area contributed by atoms with Crippen LogP contribution >= 0.6 is 0 Å². The van der Waals surface area contributed by atoms with Crippen LogP contribution in [-0.4, -0.2) is 19.1 Å². The molecule has 3 nitrogen and oxygen atoms in total. The van der Waals surface area contributed by atoms with Crippen LogP contribution in [0.2, 0.25) is 0 Å². The fourth-order valence-corrected chi connectivity index (χ4v) is 3.28. The summed E-state index contributed by atoms with van der Waals surface area (Å²) in [7, 11) is 0. The molecule has 0 spiro atoms. The molecule has 1 atom stereocenters. The van der Waals surface area contributed by atoms with Crippen LogP contribution in [0.15, 0.2) is 18.2 Å². The fourth-order valence-electron chi connectivity index (χ4n) is 3.28. The molecule has 0 fully saturated rings. The van der Waals surface area contributed by atoms with Crippen molar-refractivity contribution >= 4 is 5.97 Å². The van der Waals surface area contributed by atoms with Crippen molar-refractivity contribution in [3.05, 3.63) is 34.9 Å². The monoisotopic (exact) mass is 289 g/mol. The average Bonchev–Trinajstić information content (AvgIpc) is 2.92. The summed E-state index contributed by atoms with van der Waals surface area (Å²) in [5.41, 5.74) is 9.47. The Hall–Kier alpha value is -1.35. The Balaban J connectivity index is 2.28. The molecule has 1 aliphatic rings. The number of fused-ring (bicyclic) bond motifs is 1. The summed E-state index contributed by atoms with van der Waals surface area (Å²) in [6.07, 6.45) is 4.23. The molecule has 116 valence electrons. The lowest BCUT2D eigenvalue weighted by Gasteiger charge is -2.34. The van der Waals surface area contributed by atoms with Gasteiger partial charge in [0.25, 0.3) is 0 Å². The highest BCUT2D eigenvalue weighted by atomic mass is 16.5. The lowest BCUT2D eigenvalue weighted by molar-refractivity contribution is -0.157. The molecule has 0 saturated carbocycles. The molecule has 0 heterocycles. The molecule has 1 aromatic rings. The lowest BCUT2D eigenvalue weighted by atomic mass is 9.72. The molecule has 2 N–H and O–H groups in total. The van der Waals surface area contributed by atoms with Gasteiger partial charge in [0.05, 0.1) is 12.0 Å². The number of esters is 1. The van der Waals surface area contributed by atoms with Crippen molar-refractivity contribution in [1.29, 1.82) is 0 Å². The number of aryl methyl sites for hydroxylation is 2. The summed E-state index contributed by atoms with van der Waals surface area (Å²) in [5.74, 6) is -0.0159. The van der Waals surface area contributed by atoms with Gasteiger partial charge in [-0.05, 0) is 55.2 Å². The van der Waals surface area contributed by atoms with Gasteiger partial charge in [-0.3, -0.25) is 4.79 Å². The van der Waals surface area contributed by atoms with Crippen LogP contribution in [0, 0.1) is 11.3 Å². The van der Waals surface area contributed by atoms with Crippen molar-refractivity contribution < 1.29 is 9.53 Å². The summed E-state index contributed by atoms with van der Waals surface area (Å²) < 4.78 is 5.31. The van der Waals surface area contributed by atoms with Gasteiger partial charge in [0.15, 0.2) is 0 Å². The predicted molar refractivity (Wildman–Crippen MR) is 85.1 cm³/mol. The number of benzene rings is 1. The van der Waals surface area contributed by atoms with Crippen LogP contribution in [0.3, 0.4) is 0 Å². The molecule has 1 aliphatic carbocycles. The van der Waals surface area contributed by atoms with Gasteiger partial charge in [-0.2, -0.15) is 0 Å². The molecule has 0 bridgehead atoms. The van der Waals surface area contributed by atoms with Crippen LogP contribution in [0.1, 0.15) is 43.9 Å². The second-order valence-corrected chi connectivity index (χ2v) is 6.37. The van der Waals surface area contributed by atoms with E-state index in [1.165, 1.54) is 29.5 Å². The highest BCUT2D eigenvalue weighted by molar-refractivity contribution is 5.78. The summed E-state index contributed by atoms with van der Waals surface area (Å²) in [5, 5.41) is 0. The molecule has 2 rings (SSSR count). The van der Waals surface area contributed by atoms with Crippen LogP contribution < -0.4 is 5.73 Å². The third-order valence-corrected chi connectivity index (χ3v) is 4.83. The molecule has 1 aromatic carbocycles. The zero-order valence-electron chi connectivity index (χ0n) is 13.4. The quantitative estimate of drug-likeness (QED) is 0.819. The Labute approximate surface area is 127 Å². The normalized spacial score (nSPS) is 16.6. The van der Waals surface area contributed by atoms with Crippen molar-refractivity contribution in [3.63, 3.8) is 0 Å². The third kappa shape index (κ3) is 3.13. The maximum Gasteiger partial charge on any atom is 0.313 e. The number of nitrogens with two attached hydrogens (primary N) is 1. The van der Waals surface area contributed by atoms with Gasteiger partial charge in [-0.25, -0.2) is 0 Å². The van der Waals surface area contributed by atoms with Gasteiger partial charge < -0.3 is 10.5 Å². The summed E-state index contributed by atoms with van der Waals surface area (Å²) >= 11 is 0. The Morgan fingerprint density at radius 2 is 2.05 bits per heavy atom. The second kappa shape index (κ2) is 6.61. The van der Waals surface area contributed by atoms with Crippen molar-refractivity contribution in [3.8, 4) is 0 Å². The van der Waals surface area contributed by atoms with E-state index in [1.807, 2.05) is 6.92 Å². The molecule has 0 saturated heterocycles. The number of carbonyl (C=O) groups is 1. The van der Waals surface area contributed by atoms with Crippen LogP contribution in [0.25, 0.3) is 0 Å². The first-order chi connectivity index (χ1) is 10.0. The van der Waals surface area contributed by atoms with E-state index < -0.39 is 5.41 Å². The SMILES string of the molecule is CCOC(=O)C(CN)(Cc1ccc2c(c1)CCC2)C(C)C. The number of ether oxygens (including phenoxy) is 1. The molecule has 21 heavy (non-hydrogen) atoms. The molecule has 0 aromatic heterocycles. The number of hydrogen-bond donors (Lipinski definition) is 1. The summed E-state index contributed by atoms with van der Waals surface area (Å²) in [6.45, 7) is 6.67. The van der Waals surface area contributed by atoms with E-state index >= 15 is 0 Å². The van der Waals surface area contributed by atoms with E-state index in [2.05, 4.69) is 32.0 Å². The zero-order valence-corrected chi connectivity index (χ0v) is 13.4. The maximum atomic E-state index is 12.5. The first-order valence-corrected chi connectivity index (χ1v) is 8.01. The van der Waals surface area contributed by atoms with E-state index in [-0.39, 0.29) is 11.9 Å². The van der Waals surface area contributed by atoms with Crippen molar-refractivity contribution in [2.75, 3.05) is 13.2 Å². The lowest BCUT2D eigenvalue weighted by Crippen LogP contribution is -2.46. The highest BCUT2D eigenvalue weighted by Crippen LogP contribution is 2.34. The van der Waals surface area contributed by atoms with E-state index in [9.17, 15) is 4.79 Å². The smallest absolute Gasteiger partial charge is 0.313 e. The van der Waals surface area contributed by atoms with Gasteiger partial charge in [-0.15, -0.1) is 0 Å². The van der Waals surface area contributed by atoms with E-state index in [0.717, 1.165) is 6.42 Å². The van der Waals surface area contributed by atoms with Crippen LogP contribution in [0.5, 0.6) is 0 Å². The molecule has 0 amide bonds. The van der Waals surface area contributed by atoms with E-state index in [1.54, 1.807) is 0 Å². The predicted octanol–water partition coefficient (Wildman–Crippen LogP) is 2.88. The van der Waals surface area contributed by atoms with Gasteiger partial charge in [0, 0.05) is 6.54 Å². The van der Waals surface area contributed by atoms with Gasteiger partial charge in [0.2, 0.25) is 0 Å². The Morgan fingerprint density at radius 1 is 1.33 bits per heavy atom. The van der Waals surface area contributed by atoms with Crippen LogP contribution in [0.4, 0.5) is 0 Å². The van der Waals surface area contributed by atoms with Crippen molar-refractivity contribution in [2.24, 2.45) is 17.1 Å². The maximum absolute atomic E-state index is 12.5. The van der Waals surface area contributed by atoms with Crippen molar-refractivity contribution in [1.82, 2.24) is 0 Å². The van der Waals surface area contributed by atoms with Gasteiger partial charge in [0.1, 0.15) is 0 Å². The first kappa shape index (κ1) is 16.0. The largest absolute Gasteiger partial charge is 0.466 e. The third-order valence-electron chi connectivity index (χ3n) is 4.83. The van der Waals surface area contributed by atoms with Gasteiger partial charge >= 0.3 is 5.97 Å². The number of rotatable bonds is 6. The van der Waals surface area contributed by atoms with Crippen molar-refractivity contribution in [2.45, 2.75) is 46.5 Å². The molecule has 0 aliphatic heterocycles. The number of hydrogen-bond acceptors (Lipinski definition) is 3. The fraction of sp³-hybridized carbons (Fsp3) is 0.611. The van der Waals surface area contributed by atoms with Gasteiger partial charge in [-0.1, -0.05) is 32.0 Å². The van der Waals surface area contributed by atoms with E-state index in [0.29, 0.717) is 19.6 Å². The Kier molecular flexibility index (Phi) is 5.04. The number of carbonyl (C=O) groups excluding carboxylic acids is 1. The average molecular weight is 289 g/mol. The minimum Gasteiger partial charge on any atom is -0.466 e. The molecule has 0 radical (unpaired) electrons.